The third-order valence-corrected chi connectivity index (χ3v) is 2.09. The molecule has 2 N–H and O–H groups in total. The van der Waals surface area contributed by atoms with E-state index < -0.39 is 0 Å². The quantitative estimate of drug-likeness (QED) is 0.871. The minimum atomic E-state index is 0.120. The number of rotatable bonds is 3. The molecule has 0 bridgehead atoms. The predicted octanol–water partition coefficient (Wildman–Crippen LogP) is 1.91. The summed E-state index contributed by atoms with van der Waals surface area (Å²) < 4.78 is 5.57. The van der Waals surface area contributed by atoms with Gasteiger partial charge in [0.25, 0.3) is 0 Å². The molecule has 88 valence electrons. The summed E-state index contributed by atoms with van der Waals surface area (Å²) in [6.07, 6.45) is 6.87. The minimum absolute atomic E-state index is 0.120. The Morgan fingerprint density at radius 1 is 1.06 bits per heavy atom. The first-order valence-electron chi connectivity index (χ1n) is 5.35. The molecule has 0 aliphatic rings. The lowest BCUT2D eigenvalue weighted by atomic mass is 10.1. The van der Waals surface area contributed by atoms with E-state index in [1.54, 1.807) is 24.8 Å². The summed E-state index contributed by atoms with van der Waals surface area (Å²) in [4.78, 5) is 12.0. The first-order chi connectivity index (χ1) is 8.15. The van der Waals surface area contributed by atoms with Crippen LogP contribution in [0.1, 0.15) is 13.8 Å². The Labute approximate surface area is 99.7 Å². The molecule has 5 nitrogen and oxygen atoms in total. The second-order valence-electron chi connectivity index (χ2n) is 3.91. The van der Waals surface area contributed by atoms with Gasteiger partial charge in [-0.15, -0.1) is 0 Å². The van der Waals surface area contributed by atoms with Gasteiger partial charge in [0.15, 0.2) is 0 Å². The van der Waals surface area contributed by atoms with Crippen LogP contribution in [-0.4, -0.2) is 21.1 Å². The molecule has 0 spiro atoms. The lowest BCUT2D eigenvalue weighted by Crippen LogP contribution is -2.05. The van der Waals surface area contributed by atoms with E-state index in [-0.39, 0.29) is 12.1 Å². The first kappa shape index (κ1) is 11.3. The first-order valence-corrected chi connectivity index (χ1v) is 5.35. The molecule has 0 amide bonds. The van der Waals surface area contributed by atoms with Crippen LogP contribution >= 0.6 is 0 Å². The van der Waals surface area contributed by atoms with E-state index >= 15 is 0 Å². The third-order valence-electron chi connectivity index (χ3n) is 2.09. The topological polar surface area (TPSA) is 73.9 Å². The van der Waals surface area contributed by atoms with Crippen LogP contribution in [0.2, 0.25) is 0 Å². The van der Waals surface area contributed by atoms with Crippen molar-refractivity contribution in [2.75, 3.05) is 5.73 Å². The van der Waals surface area contributed by atoms with Gasteiger partial charge in [-0.3, -0.25) is 4.98 Å². The Morgan fingerprint density at radius 2 is 1.76 bits per heavy atom. The molecule has 5 heteroatoms. The summed E-state index contributed by atoms with van der Waals surface area (Å²) in [6.45, 7) is 3.94. The molecule has 0 atom stereocenters. The highest BCUT2D eigenvalue weighted by molar-refractivity contribution is 5.62. The van der Waals surface area contributed by atoms with Crippen LogP contribution in [0.25, 0.3) is 11.1 Å². The Balaban J connectivity index is 2.29. The van der Waals surface area contributed by atoms with Gasteiger partial charge in [0.05, 0.1) is 12.3 Å². The molecule has 2 aromatic heterocycles. The maximum atomic E-state index is 5.57. The predicted molar refractivity (Wildman–Crippen MR) is 65.4 cm³/mol. The van der Waals surface area contributed by atoms with E-state index in [4.69, 9.17) is 10.5 Å². The highest BCUT2D eigenvalue weighted by Crippen LogP contribution is 2.22. The number of ether oxygens (including phenoxy) is 1. The second kappa shape index (κ2) is 4.78. The number of hydrogen-bond donors (Lipinski definition) is 1. The zero-order valence-corrected chi connectivity index (χ0v) is 9.79. The monoisotopic (exact) mass is 230 g/mol. The molecule has 2 heterocycles. The van der Waals surface area contributed by atoms with Gasteiger partial charge in [0.2, 0.25) is 5.95 Å². The van der Waals surface area contributed by atoms with E-state index in [2.05, 4.69) is 15.0 Å². The normalized spacial score (nSPS) is 10.5. The fraction of sp³-hybridized carbons (Fsp3) is 0.250. The molecule has 0 aliphatic heterocycles. The van der Waals surface area contributed by atoms with Gasteiger partial charge < -0.3 is 10.5 Å². The van der Waals surface area contributed by atoms with Crippen molar-refractivity contribution in [3.05, 3.63) is 30.9 Å². The van der Waals surface area contributed by atoms with Gasteiger partial charge in [0, 0.05) is 29.7 Å². The number of anilines is 1. The largest absolute Gasteiger partial charge is 0.489 e. The van der Waals surface area contributed by atoms with E-state index in [0.717, 1.165) is 16.9 Å². The minimum Gasteiger partial charge on any atom is -0.489 e. The molecular weight excluding hydrogens is 216 g/mol. The van der Waals surface area contributed by atoms with E-state index in [9.17, 15) is 0 Å². The molecular formula is C12H14N4O. The molecule has 2 aromatic rings. The van der Waals surface area contributed by atoms with Crippen molar-refractivity contribution in [1.82, 2.24) is 15.0 Å². The van der Waals surface area contributed by atoms with Crippen molar-refractivity contribution >= 4 is 5.95 Å². The Bertz CT molecular complexity index is 496. The van der Waals surface area contributed by atoms with Gasteiger partial charge in [0.1, 0.15) is 5.75 Å². The smallest absolute Gasteiger partial charge is 0.219 e. The van der Waals surface area contributed by atoms with Crippen LogP contribution in [0.4, 0.5) is 5.95 Å². The van der Waals surface area contributed by atoms with Crippen molar-refractivity contribution in [2.24, 2.45) is 0 Å². The maximum absolute atomic E-state index is 5.57. The van der Waals surface area contributed by atoms with Crippen molar-refractivity contribution in [1.29, 1.82) is 0 Å². The maximum Gasteiger partial charge on any atom is 0.219 e. The number of hydrogen-bond acceptors (Lipinski definition) is 5. The van der Waals surface area contributed by atoms with Gasteiger partial charge in [-0.1, -0.05) is 0 Å². The fourth-order valence-electron chi connectivity index (χ4n) is 1.40. The third kappa shape index (κ3) is 2.90. The number of nitrogens with zero attached hydrogens (tertiary/aromatic N) is 3. The molecule has 17 heavy (non-hydrogen) atoms. The van der Waals surface area contributed by atoms with Crippen LogP contribution in [0.3, 0.4) is 0 Å². The van der Waals surface area contributed by atoms with Crippen molar-refractivity contribution in [3.8, 4) is 16.9 Å². The molecule has 0 saturated carbocycles. The SMILES string of the molecule is CC(C)Oc1cncc(-c2cnc(N)nc2)c1. The summed E-state index contributed by atoms with van der Waals surface area (Å²) in [5, 5.41) is 0. The Morgan fingerprint density at radius 3 is 2.41 bits per heavy atom. The summed E-state index contributed by atoms with van der Waals surface area (Å²) in [5.74, 6) is 0.991. The lowest BCUT2D eigenvalue weighted by molar-refractivity contribution is 0.241. The summed E-state index contributed by atoms with van der Waals surface area (Å²) >= 11 is 0. The summed E-state index contributed by atoms with van der Waals surface area (Å²) in [5.41, 5.74) is 7.21. The van der Waals surface area contributed by atoms with Crippen LogP contribution < -0.4 is 10.5 Å². The fourth-order valence-corrected chi connectivity index (χ4v) is 1.40. The average Bonchev–Trinajstić information content (AvgIpc) is 2.29. The van der Waals surface area contributed by atoms with E-state index in [1.807, 2.05) is 19.9 Å². The number of nitrogen functional groups attached to an aromatic ring is 1. The zero-order chi connectivity index (χ0) is 12.3. The van der Waals surface area contributed by atoms with Gasteiger partial charge in [-0.05, 0) is 19.9 Å². The Kier molecular flexibility index (Phi) is 3.18. The standard InChI is InChI=1S/C12H14N4O/c1-8(2)17-11-3-9(4-14-7-11)10-5-15-12(13)16-6-10/h3-8H,1-2H3,(H2,13,15,16). The van der Waals surface area contributed by atoms with Crippen LogP contribution in [0.15, 0.2) is 30.9 Å². The van der Waals surface area contributed by atoms with E-state index in [1.165, 1.54) is 0 Å². The summed E-state index contributed by atoms with van der Waals surface area (Å²) in [6, 6.07) is 1.90. The number of nitrogens with two attached hydrogens (primary N) is 1. The molecule has 0 fully saturated rings. The van der Waals surface area contributed by atoms with Crippen molar-refractivity contribution in [3.63, 3.8) is 0 Å². The molecule has 0 saturated heterocycles. The van der Waals surface area contributed by atoms with Crippen LogP contribution in [-0.2, 0) is 0 Å². The molecule has 2 rings (SSSR count). The van der Waals surface area contributed by atoms with Gasteiger partial charge in [-0.25, -0.2) is 9.97 Å². The molecule has 0 unspecified atom stereocenters. The lowest BCUT2D eigenvalue weighted by Gasteiger charge is -2.10. The average molecular weight is 230 g/mol. The number of pyridine rings is 1. The Hall–Kier alpha value is -2.17. The van der Waals surface area contributed by atoms with Crippen LogP contribution in [0.5, 0.6) is 5.75 Å². The van der Waals surface area contributed by atoms with Crippen LogP contribution in [0, 0.1) is 0 Å². The number of aromatic nitrogens is 3. The van der Waals surface area contributed by atoms with E-state index in [0.29, 0.717) is 0 Å². The van der Waals surface area contributed by atoms with Gasteiger partial charge >= 0.3 is 0 Å². The van der Waals surface area contributed by atoms with Gasteiger partial charge in [-0.2, -0.15) is 0 Å². The second-order valence-corrected chi connectivity index (χ2v) is 3.91. The highest BCUT2D eigenvalue weighted by Gasteiger charge is 2.03. The van der Waals surface area contributed by atoms with Crippen molar-refractivity contribution < 1.29 is 4.74 Å². The molecule has 0 radical (unpaired) electrons. The van der Waals surface area contributed by atoms with Crippen molar-refractivity contribution in [2.45, 2.75) is 20.0 Å². The zero-order valence-electron chi connectivity index (χ0n) is 9.79. The molecule has 0 aromatic carbocycles. The summed E-state index contributed by atoms with van der Waals surface area (Å²) in [7, 11) is 0. The highest BCUT2D eigenvalue weighted by atomic mass is 16.5. The molecule has 0 aliphatic carbocycles.